The molecule has 176 valence electrons. The van der Waals surface area contributed by atoms with Crippen molar-refractivity contribution in [1.29, 1.82) is 0 Å². The van der Waals surface area contributed by atoms with Crippen molar-refractivity contribution in [1.82, 2.24) is 10.3 Å². The lowest BCUT2D eigenvalue weighted by Crippen LogP contribution is -2.33. The smallest absolute Gasteiger partial charge is 0.269 e. The fourth-order valence-electron chi connectivity index (χ4n) is 3.79. The van der Waals surface area contributed by atoms with Crippen LogP contribution in [0.3, 0.4) is 0 Å². The average molecular weight is 542 g/mol. The van der Waals surface area contributed by atoms with E-state index in [9.17, 15) is 9.90 Å². The average Bonchev–Trinajstić information content (AvgIpc) is 3.34. The topological polar surface area (TPSA) is 87.4 Å². The minimum absolute atomic E-state index is 0.0468. The molecule has 3 N–H and O–H groups in total. The van der Waals surface area contributed by atoms with E-state index >= 15 is 0 Å². The van der Waals surface area contributed by atoms with E-state index in [1.54, 1.807) is 30.3 Å². The van der Waals surface area contributed by atoms with Gasteiger partial charge in [0, 0.05) is 26.9 Å². The molecule has 2 aromatic heterocycles. The first-order valence-corrected chi connectivity index (χ1v) is 12.4. The number of halogens is 2. The lowest BCUT2D eigenvalue weighted by Gasteiger charge is -2.10. The summed E-state index contributed by atoms with van der Waals surface area (Å²) >= 11 is 18.9. The van der Waals surface area contributed by atoms with Crippen LogP contribution in [0.4, 0.5) is 5.69 Å². The zero-order chi connectivity index (χ0) is 24.9. The number of benzene rings is 3. The van der Waals surface area contributed by atoms with Crippen molar-refractivity contribution in [3.63, 3.8) is 0 Å². The molecule has 0 bridgehead atoms. The first kappa shape index (κ1) is 23.6. The SMILES string of the molecule is Cc1cc(C)c2oc(-c3ccc(NC(=S)NC(=O)c4sc5cc(Cl)ccc5c4Cl)cc3O)nc2c1. The molecular weight excluding hydrogens is 525 g/mol. The monoisotopic (exact) mass is 541 g/mol. The predicted molar refractivity (Wildman–Crippen MR) is 146 cm³/mol. The summed E-state index contributed by atoms with van der Waals surface area (Å²) in [6.07, 6.45) is 0. The molecule has 0 fully saturated rings. The van der Waals surface area contributed by atoms with E-state index in [4.69, 9.17) is 39.8 Å². The third-order valence-electron chi connectivity index (χ3n) is 5.33. The summed E-state index contributed by atoms with van der Waals surface area (Å²) in [4.78, 5) is 17.6. The van der Waals surface area contributed by atoms with E-state index < -0.39 is 5.91 Å². The molecule has 0 unspecified atom stereocenters. The van der Waals surface area contributed by atoms with Crippen molar-refractivity contribution in [2.45, 2.75) is 13.8 Å². The number of hydrogen-bond donors (Lipinski definition) is 3. The summed E-state index contributed by atoms with van der Waals surface area (Å²) in [5, 5.41) is 17.8. The van der Waals surface area contributed by atoms with Crippen LogP contribution in [0, 0.1) is 13.8 Å². The van der Waals surface area contributed by atoms with Gasteiger partial charge in [0.05, 0.1) is 10.6 Å². The molecule has 5 aromatic rings. The molecule has 0 saturated heterocycles. The van der Waals surface area contributed by atoms with E-state index in [2.05, 4.69) is 15.6 Å². The second-order valence-electron chi connectivity index (χ2n) is 7.97. The van der Waals surface area contributed by atoms with Gasteiger partial charge < -0.3 is 14.8 Å². The molecule has 0 aliphatic heterocycles. The second kappa shape index (κ2) is 9.13. The maximum Gasteiger partial charge on any atom is 0.269 e. The first-order valence-electron chi connectivity index (χ1n) is 10.4. The molecule has 0 spiro atoms. The highest BCUT2D eigenvalue weighted by atomic mass is 35.5. The normalized spacial score (nSPS) is 11.2. The van der Waals surface area contributed by atoms with Gasteiger partial charge in [-0.15, -0.1) is 11.3 Å². The summed E-state index contributed by atoms with van der Waals surface area (Å²) in [7, 11) is 0. The van der Waals surface area contributed by atoms with Crippen molar-refractivity contribution in [2.24, 2.45) is 0 Å². The highest BCUT2D eigenvalue weighted by molar-refractivity contribution is 7.80. The first-order chi connectivity index (χ1) is 16.7. The summed E-state index contributed by atoms with van der Waals surface area (Å²) < 4.78 is 6.70. The van der Waals surface area contributed by atoms with Gasteiger partial charge in [-0.1, -0.05) is 35.3 Å². The fraction of sp³-hybridized carbons (Fsp3) is 0.0800. The Morgan fingerprint density at radius 3 is 2.69 bits per heavy atom. The van der Waals surface area contributed by atoms with Gasteiger partial charge >= 0.3 is 0 Å². The number of aromatic hydroxyl groups is 1. The number of hydrogen-bond acceptors (Lipinski definition) is 6. The third-order valence-corrected chi connectivity index (χ3v) is 7.43. The molecule has 10 heteroatoms. The van der Waals surface area contributed by atoms with Crippen molar-refractivity contribution in [3.8, 4) is 17.2 Å². The number of oxazole rings is 1. The standard InChI is InChI=1S/C25H17Cl2N3O3S2/c1-11-7-12(2)21-17(8-11)29-24(33-21)15-6-4-14(10-18(15)31)28-25(34)30-23(32)22-20(27)16-5-3-13(26)9-19(16)35-22/h3-10,31H,1-2H3,(H2,28,30,32,34). The van der Waals surface area contributed by atoms with Gasteiger partial charge in [-0.25, -0.2) is 4.98 Å². The summed E-state index contributed by atoms with van der Waals surface area (Å²) in [6, 6.07) is 14.0. The number of carbonyl (C=O) groups excluding carboxylic acids is 1. The van der Waals surface area contributed by atoms with Gasteiger partial charge in [0.25, 0.3) is 5.91 Å². The summed E-state index contributed by atoms with van der Waals surface area (Å²) in [5.41, 5.74) is 4.38. The lowest BCUT2D eigenvalue weighted by atomic mass is 10.1. The van der Waals surface area contributed by atoms with E-state index in [-0.39, 0.29) is 10.9 Å². The van der Waals surface area contributed by atoms with E-state index in [1.165, 1.54) is 17.4 Å². The number of aryl methyl sites for hydroxylation is 2. The molecule has 0 saturated carbocycles. The Morgan fingerprint density at radius 2 is 1.91 bits per heavy atom. The third kappa shape index (κ3) is 4.58. The predicted octanol–water partition coefficient (Wildman–Crippen LogP) is 7.47. The summed E-state index contributed by atoms with van der Waals surface area (Å²) in [5.74, 6) is -0.176. The summed E-state index contributed by atoms with van der Waals surface area (Å²) in [6.45, 7) is 3.94. The zero-order valence-corrected chi connectivity index (χ0v) is 21.5. The molecule has 3 aromatic carbocycles. The van der Waals surface area contributed by atoms with Gasteiger partial charge in [0.1, 0.15) is 16.1 Å². The van der Waals surface area contributed by atoms with Gasteiger partial charge in [-0.2, -0.15) is 0 Å². The number of carbonyl (C=O) groups is 1. The van der Waals surface area contributed by atoms with Crippen molar-refractivity contribution < 1.29 is 14.3 Å². The molecule has 0 radical (unpaired) electrons. The molecule has 2 heterocycles. The molecule has 35 heavy (non-hydrogen) atoms. The van der Waals surface area contributed by atoms with Crippen LogP contribution in [0.25, 0.3) is 32.6 Å². The molecule has 1 amide bonds. The Labute approximate surface area is 219 Å². The van der Waals surface area contributed by atoms with Crippen LogP contribution in [0.5, 0.6) is 5.75 Å². The number of rotatable bonds is 3. The molecule has 6 nitrogen and oxygen atoms in total. The lowest BCUT2D eigenvalue weighted by molar-refractivity contribution is 0.0982. The van der Waals surface area contributed by atoms with Crippen LogP contribution in [-0.4, -0.2) is 21.1 Å². The number of aromatic nitrogens is 1. The highest BCUT2D eigenvalue weighted by Gasteiger charge is 2.19. The van der Waals surface area contributed by atoms with Crippen molar-refractivity contribution in [2.75, 3.05) is 5.32 Å². The van der Waals surface area contributed by atoms with Crippen LogP contribution in [0.2, 0.25) is 10.0 Å². The number of phenols is 1. The van der Waals surface area contributed by atoms with Crippen LogP contribution < -0.4 is 10.6 Å². The fourth-order valence-corrected chi connectivity index (χ4v) is 5.69. The molecule has 0 atom stereocenters. The highest BCUT2D eigenvalue weighted by Crippen LogP contribution is 2.37. The second-order valence-corrected chi connectivity index (χ2v) is 10.2. The van der Waals surface area contributed by atoms with Crippen LogP contribution in [0.15, 0.2) is 52.9 Å². The number of thiocarbonyl (C=S) groups is 1. The number of thiophene rings is 1. The quantitative estimate of drug-likeness (QED) is 0.205. The van der Waals surface area contributed by atoms with Gasteiger partial charge in [-0.3, -0.25) is 10.1 Å². The Kier molecular flexibility index (Phi) is 6.14. The van der Waals surface area contributed by atoms with E-state index in [0.717, 1.165) is 26.7 Å². The zero-order valence-electron chi connectivity index (χ0n) is 18.4. The van der Waals surface area contributed by atoms with Crippen LogP contribution in [-0.2, 0) is 0 Å². The minimum Gasteiger partial charge on any atom is -0.507 e. The van der Waals surface area contributed by atoms with Gasteiger partial charge in [0.15, 0.2) is 10.7 Å². The van der Waals surface area contributed by atoms with E-state index in [0.29, 0.717) is 37.6 Å². The maximum atomic E-state index is 12.7. The number of phenolic OH excluding ortho intramolecular Hbond substituents is 1. The van der Waals surface area contributed by atoms with Crippen LogP contribution >= 0.6 is 46.8 Å². The number of amides is 1. The largest absolute Gasteiger partial charge is 0.507 e. The van der Waals surface area contributed by atoms with Crippen molar-refractivity contribution >= 4 is 84.6 Å². The Bertz CT molecular complexity index is 1660. The van der Waals surface area contributed by atoms with Gasteiger partial charge in [0.2, 0.25) is 5.89 Å². The molecule has 5 rings (SSSR count). The van der Waals surface area contributed by atoms with E-state index in [1.807, 2.05) is 26.0 Å². The Morgan fingerprint density at radius 1 is 1.11 bits per heavy atom. The molecule has 0 aliphatic rings. The number of fused-ring (bicyclic) bond motifs is 2. The number of nitrogens with one attached hydrogen (secondary N) is 2. The Hall–Kier alpha value is -3.17. The van der Waals surface area contributed by atoms with Crippen LogP contribution in [0.1, 0.15) is 20.8 Å². The molecular formula is C25H17Cl2N3O3S2. The molecule has 0 aliphatic carbocycles. The van der Waals surface area contributed by atoms with Crippen molar-refractivity contribution in [3.05, 3.63) is 74.6 Å². The van der Waals surface area contributed by atoms with Gasteiger partial charge in [-0.05, 0) is 67.5 Å². The maximum absolute atomic E-state index is 12.7. The number of nitrogens with zero attached hydrogens (tertiary/aromatic N) is 1. The Balaban J connectivity index is 1.32. The number of anilines is 1. The minimum atomic E-state index is -0.442.